The number of nitrogens with one attached hydrogen (secondary N) is 1. The van der Waals surface area contributed by atoms with Crippen LogP contribution in [0.2, 0.25) is 10.0 Å². The second kappa shape index (κ2) is 15.1. The maximum atomic E-state index is 14.0. The number of rotatable bonds is 14. The van der Waals surface area contributed by atoms with Gasteiger partial charge in [0.1, 0.15) is 18.3 Å². The zero-order valence-electron chi connectivity index (χ0n) is 23.3. The fraction of sp³-hybridized carbons (Fsp3) is 0.333. The van der Waals surface area contributed by atoms with E-state index in [0.29, 0.717) is 34.5 Å². The fourth-order valence-electron chi connectivity index (χ4n) is 4.08. The Hall–Kier alpha value is -3.27. The minimum Gasteiger partial charge on any atom is -0.494 e. The number of hydrogen-bond acceptors (Lipinski definition) is 5. The van der Waals surface area contributed by atoms with Gasteiger partial charge in [-0.1, -0.05) is 60.8 Å². The maximum Gasteiger partial charge on any atom is 0.264 e. The molecule has 3 aromatic rings. The first-order valence-corrected chi connectivity index (χ1v) is 15.6. The number of carbonyl (C=O) groups is 2. The van der Waals surface area contributed by atoms with E-state index in [1.165, 1.54) is 17.0 Å². The van der Waals surface area contributed by atoms with Gasteiger partial charge in [-0.05, 0) is 74.4 Å². The van der Waals surface area contributed by atoms with Gasteiger partial charge in [0.2, 0.25) is 11.8 Å². The van der Waals surface area contributed by atoms with Gasteiger partial charge in [-0.2, -0.15) is 0 Å². The number of ether oxygens (including phenoxy) is 1. The van der Waals surface area contributed by atoms with Crippen molar-refractivity contribution in [3.05, 3.63) is 88.4 Å². The summed E-state index contributed by atoms with van der Waals surface area (Å²) in [6, 6.07) is 18.4. The third-order valence-corrected chi connectivity index (χ3v) is 8.91. The molecule has 0 aromatic heterocycles. The highest BCUT2D eigenvalue weighted by molar-refractivity contribution is 7.92. The molecule has 0 saturated carbocycles. The van der Waals surface area contributed by atoms with E-state index in [-0.39, 0.29) is 23.0 Å². The van der Waals surface area contributed by atoms with Crippen molar-refractivity contribution >= 4 is 50.7 Å². The Balaban J connectivity index is 2.00. The smallest absolute Gasteiger partial charge is 0.264 e. The van der Waals surface area contributed by atoms with E-state index in [1.807, 2.05) is 13.8 Å². The molecule has 0 saturated heterocycles. The number of hydrogen-bond donors (Lipinski definition) is 1. The van der Waals surface area contributed by atoms with Gasteiger partial charge >= 0.3 is 0 Å². The molecule has 3 aromatic carbocycles. The molecule has 41 heavy (non-hydrogen) atoms. The molecule has 0 aliphatic rings. The van der Waals surface area contributed by atoms with E-state index in [9.17, 15) is 18.0 Å². The lowest BCUT2D eigenvalue weighted by Crippen LogP contribution is -2.51. The van der Waals surface area contributed by atoms with Crippen LogP contribution in [0, 0.1) is 0 Å². The molecule has 0 aliphatic carbocycles. The van der Waals surface area contributed by atoms with Gasteiger partial charge in [0.15, 0.2) is 0 Å². The van der Waals surface area contributed by atoms with Crippen molar-refractivity contribution in [1.82, 2.24) is 10.2 Å². The first kappa shape index (κ1) is 32.2. The molecule has 3 rings (SSSR count). The van der Waals surface area contributed by atoms with Gasteiger partial charge in [0.25, 0.3) is 10.0 Å². The Kier molecular flexibility index (Phi) is 11.9. The highest BCUT2D eigenvalue weighted by Gasteiger charge is 2.32. The van der Waals surface area contributed by atoms with E-state index >= 15 is 0 Å². The topological polar surface area (TPSA) is 96.0 Å². The van der Waals surface area contributed by atoms with Crippen LogP contribution in [0.5, 0.6) is 5.75 Å². The third kappa shape index (κ3) is 8.61. The van der Waals surface area contributed by atoms with Crippen LogP contribution in [0.3, 0.4) is 0 Å². The molecule has 0 bridgehead atoms. The summed E-state index contributed by atoms with van der Waals surface area (Å²) in [4.78, 5) is 28.4. The first-order valence-electron chi connectivity index (χ1n) is 13.4. The van der Waals surface area contributed by atoms with Gasteiger partial charge in [-0.15, -0.1) is 0 Å². The highest BCUT2D eigenvalue weighted by atomic mass is 35.5. The third-order valence-electron chi connectivity index (χ3n) is 6.38. The molecular formula is C30H35Cl2N3O5S. The second-order valence-electron chi connectivity index (χ2n) is 9.34. The predicted octanol–water partition coefficient (Wildman–Crippen LogP) is 5.92. The summed E-state index contributed by atoms with van der Waals surface area (Å²) >= 11 is 12.3. The minimum atomic E-state index is -4.15. The van der Waals surface area contributed by atoms with Crippen LogP contribution in [0.25, 0.3) is 0 Å². The van der Waals surface area contributed by atoms with E-state index in [1.54, 1.807) is 67.6 Å². The van der Waals surface area contributed by atoms with Crippen LogP contribution in [0.4, 0.5) is 5.69 Å². The average Bonchev–Trinajstić information content (AvgIpc) is 2.97. The van der Waals surface area contributed by atoms with Crippen LogP contribution >= 0.6 is 23.2 Å². The summed E-state index contributed by atoms with van der Waals surface area (Å²) in [5.74, 6) is -0.341. The van der Waals surface area contributed by atoms with Crippen molar-refractivity contribution in [1.29, 1.82) is 0 Å². The SMILES string of the molecule is CCCCNC(=O)C(C)N(Cc1ccc(Cl)c(Cl)c1)C(=O)CN(c1ccc(OCC)cc1)S(=O)(=O)c1ccccc1. The number of sulfonamides is 1. The van der Waals surface area contributed by atoms with Crippen molar-refractivity contribution in [2.24, 2.45) is 0 Å². The Morgan fingerprint density at radius 1 is 0.951 bits per heavy atom. The molecule has 0 heterocycles. The van der Waals surface area contributed by atoms with Crippen LogP contribution in [0.1, 0.15) is 39.2 Å². The quantitative estimate of drug-likeness (QED) is 0.226. The fourth-order valence-corrected chi connectivity index (χ4v) is 5.83. The van der Waals surface area contributed by atoms with Crippen LogP contribution in [-0.2, 0) is 26.2 Å². The zero-order chi connectivity index (χ0) is 30.0. The average molecular weight is 621 g/mol. The normalized spacial score (nSPS) is 11.9. The Labute approximate surface area is 252 Å². The van der Waals surface area contributed by atoms with Gasteiger partial charge in [0, 0.05) is 13.1 Å². The second-order valence-corrected chi connectivity index (χ2v) is 12.0. The van der Waals surface area contributed by atoms with E-state index < -0.39 is 28.5 Å². The maximum absolute atomic E-state index is 14.0. The molecule has 11 heteroatoms. The van der Waals surface area contributed by atoms with Crippen molar-refractivity contribution < 1.29 is 22.7 Å². The van der Waals surface area contributed by atoms with E-state index in [4.69, 9.17) is 27.9 Å². The minimum absolute atomic E-state index is 0.0145. The molecule has 1 N–H and O–H groups in total. The van der Waals surface area contributed by atoms with Gasteiger partial charge < -0.3 is 15.0 Å². The van der Waals surface area contributed by atoms with E-state index in [2.05, 4.69) is 5.32 Å². The van der Waals surface area contributed by atoms with Crippen molar-refractivity contribution in [3.63, 3.8) is 0 Å². The number of nitrogens with zero attached hydrogens (tertiary/aromatic N) is 2. The number of benzene rings is 3. The number of anilines is 1. The molecule has 0 radical (unpaired) electrons. The first-order chi connectivity index (χ1) is 19.6. The molecule has 8 nitrogen and oxygen atoms in total. The lowest BCUT2D eigenvalue weighted by molar-refractivity contribution is -0.139. The number of amides is 2. The number of unbranched alkanes of at least 4 members (excludes halogenated alkanes) is 1. The molecule has 1 atom stereocenters. The van der Waals surface area contributed by atoms with Gasteiger partial charge in [-0.25, -0.2) is 8.42 Å². The predicted molar refractivity (Wildman–Crippen MR) is 163 cm³/mol. The molecule has 1 unspecified atom stereocenters. The van der Waals surface area contributed by atoms with Crippen LogP contribution in [0.15, 0.2) is 77.7 Å². The summed E-state index contributed by atoms with van der Waals surface area (Å²) < 4.78 is 34.2. The van der Waals surface area contributed by atoms with Crippen molar-refractivity contribution in [2.75, 3.05) is 24.0 Å². The van der Waals surface area contributed by atoms with Gasteiger partial charge in [-0.3, -0.25) is 13.9 Å². The molecule has 0 aliphatic heterocycles. The summed E-state index contributed by atoms with van der Waals surface area (Å²) in [5.41, 5.74) is 0.916. The highest BCUT2D eigenvalue weighted by Crippen LogP contribution is 2.27. The van der Waals surface area contributed by atoms with Crippen LogP contribution < -0.4 is 14.4 Å². The molecule has 2 amide bonds. The molecule has 220 valence electrons. The van der Waals surface area contributed by atoms with Crippen LogP contribution in [-0.4, -0.2) is 50.9 Å². The number of halogens is 2. The van der Waals surface area contributed by atoms with Crippen molar-refractivity contribution in [3.8, 4) is 5.75 Å². The largest absolute Gasteiger partial charge is 0.494 e. The monoisotopic (exact) mass is 619 g/mol. The summed E-state index contributed by atoms with van der Waals surface area (Å²) in [6.45, 7) is 5.86. The van der Waals surface area contributed by atoms with Crippen molar-refractivity contribution in [2.45, 2.75) is 51.1 Å². The standard InChI is InChI=1S/C30H35Cl2N3O5S/c1-4-6-18-33-30(37)22(3)34(20-23-12-17-27(31)28(32)19-23)29(36)21-35(24-13-15-25(16-14-24)40-5-2)41(38,39)26-10-8-7-9-11-26/h7-17,19,22H,4-6,18,20-21H2,1-3H3,(H,33,37). The summed E-state index contributed by atoms with van der Waals surface area (Å²) in [6.07, 6.45) is 1.69. The number of carbonyl (C=O) groups excluding carboxylic acids is 2. The molecular weight excluding hydrogens is 585 g/mol. The Morgan fingerprint density at radius 2 is 1.63 bits per heavy atom. The van der Waals surface area contributed by atoms with Gasteiger partial charge in [0.05, 0.1) is 27.2 Å². The zero-order valence-corrected chi connectivity index (χ0v) is 25.7. The lowest BCUT2D eigenvalue weighted by atomic mass is 10.1. The molecule has 0 fully saturated rings. The summed E-state index contributed by atoms with van der Waals surface area (Å²) in [5, 5.41) is 3.52. The van der Waals surface area contributed by atoms with E-state index in [0.717, 1.165) is 17.1 Å². The Bertz CT molecular complexity index is 1420. The molecule has 0 spiro atoms. The Morgan fingerprint density at radius 3 is 2.24 bits per heavy atom. The lowest BCUT2D eigenvalue weighted by Gasteiger charge is -2.32. The summed E-state index contributed by atoms with van der Waals surface area (Å²) in [7, 11) is -4.15.